The summed E-state index contributed by atoms with van der Waals surface area (Å²) < 4.78 is 3.81. The molecule has 0 aliphatic carbocycles. The Balaban J connectivity index is 1.72. The van der Waals surface area contributed by atoms with E-state index in [9.17, 15) is 0 Å². The predicted molar refractivity (Wildman–Crippen MR) is 99.3 cm³/mol. The van der Waals surface area contributed by atoms with Gasteiger partial charge >= 0.3 is 0 Å². The molecule has 128 valence electrons. The fourth-order valence-corrected chi connectivity index (χ4v) is 3.10. The van der Waals surface area contributed by atoms with Crippen LogP contribution in [0.25, 0.3) is 11.3 Å². The van der Waals surface area contributed by atoms with Crippen LogP contribution in [-0.4, -0.2) is 24.0 Å². The summed E-state index contributed by atoms with van der Waals surface area (Å²) in [6.45, 7) is 6.30. The second-order valence-electron chi connectivity index (χ2n) is 6.45. The molecule has 0 spiro atoms. The Kier molecular flexibility index (Phi) is 3.84. The summed E-state index contributed by atoms with van der Waals surface area (Å²) in [7, 11) is 0. The lowest BCUT2D eigenvalue weighted by atomic mass is 10.1. The summed E-state index contributed by atoms with van der Waals surface area (Å²) in [5.74, 6) is 1.12. The molecule has 1 unspecified atom stereocenters. The van der Waals surface area contributed by atoms with Crippen molar-refractivity contribution >= 4 is 28.7 Å². The molecular formula is C18H19ClN6. The number of rotatable bonds is 4. The fraction of sp³-hybridized carbons (Fsp3) is 0.278. The Hall–Kier alpha value is -2.60. The first-order chi connectivity index (χ1) is 12.0. The lowest BCUT2D eigenvalue weighted by Crippen LogP contribution is -2.11. The molecule has 0 aromatic carbocycles. The van der Waals surface area contributed by atoms with E-state index in [1.807, 2.05) is 41.2 Å². The van der Waals surface area contributed by atoms with E-state index in [2.05, 4.69) is 41.2 Å². The molecule has 6 nitrogen and oxygen atoms in total. The van der Waals surface area contributed by atoms with Crippen LogP contribution in [0.4, 0.5) is 5.82 Å². The molecule has 0 saturated carbocycles. The number of anilines is 1. The Morgan fingerprint density at radius 1 is 1.16 bits per heavy atom. The highest BCUT2D eigenvalue weighted by molar-refractivity contribution is 6.29. The summed E-state index contributed by atoms with van der Waals surface area (Å²) >= 11 is 6.24. The average molecular weight is 355 g/mol. The van der Waals surface area contributed by atoms with Crippen LogP contribution in [0.15, 0.2) is 42.9 Å². The maximum absolute atomic E-state index is 6.24. The van der Waals surface area contributed by atoms with Gasteiger partial charge in [0.1, 0.15) is 16.6 Å². The van der Waals surface area contributed by atoms with E-state index in [4.69, 9.17) is 11.6 Å². The van der Waals surface area contributed by atoms with E-state index in [0.29, 0.717) is 11.1 Å². The van der Waals surface area contributed by atoms with Crippen molar-refractivity contribution in [3.63, 3.8) is 0 Å². The van der Waals surface area contributed by atoms with Gasteiger partial charge in [-0.25, -0.2) is 9.97 Å². The molecule has 0 aliphatic heterocycles. The van der Waals surface area contributed by atoms with Gasteiger partial charge in [-0.3, -0.25) is 0 Å². The molecule has 0 fully saturated rings. The van der Waals surface area contributed by atoms with Crippen molar-refractivity contribution in [1.29, 1.82) is 0 Å². The van der Waals surface area contributed by atoms with Crippen molar-refractivity contribution in [2.75, 3.05) is 5.32 Å². The lowest BCUT2D eigenvalue weighted by molar-refractivity contribution is 0.818. The molecular weight excluding hydrogens is 336 g/mol. The molecule has 4 aromatic rings. The van der Waals surface area contributed by atoms with Gasteiger partial charge in [0.2, 0.25) is 0 Å². The number of fused-ring (bicyclic) bond motifs is 2. The third-order valence-corrected chi connectivity index (χ3v) is 4.47. The third-order valence-electron chi connectivity index (χ3n) is 4.28. The standard InChI is InChI=1S/C18H19ClN6/c1-11(2)13-9-20-25-17(8-15(19)23-18(13)25)21-12(3)14-10-24-7-5-4-6-16(24)22-14/h4-12,21H,1-3H3. The van der Waals surface area contributed by atoms with Gasteiger partial charge in [0, 0.05) is 24.0 Å². The van der Waals surface area contributed by atoms with Gasteiger partial charge < -0.3 is 9.72 Å². The van der Waals surface area contributed by atoms with Crippen LogP contribution in [0.1, 0.15) is 44.0 Å². The fourth-order valence-electron chi connectivity index (χ4n) is 2.92. The van der Waals surface area contributed by atoms with Crippen molar-refractivity contribution in [3.05, 3.63) is 59.3 Å². The quantitative estimate of drug-likeness (QED) is 0.554. The maximum Gasteiger partial charge on any atom is 0.162 e. The molecule has 0 bridgehead atoms. The second kappa shape index (κ2) is 6.04. The SMILES string of the molecule is CC(C)c1cnn2c(NC(C)c3cn4ccccc4n3)cc(Cl)nc12. The Labute approximate surface area is 150 Å². The van der Waals surface area contributed by atoms with E-state index < -0.39 is 0 Å². The number of hydrogen-bond donors (Lipinski definition) is 1. The van der Waals surface area contributed by atoms with Gasteiger partial charge in [0.15, 0.2) is 5.65 Å². The van der Waals surface area contributed by atoms with E-state index in [1.54, 1.807) is 10.6 Å². The van der Waals surface area contributed by atoms with Crippen LogP contribution in [0.2, 0.25) is 5.15 Å². The van der Waals surface area contributed by atoms with Crippen LogP contribution < -0.4 is 5.32 Å². The molecule has 0 aliphatic rings. The first-order valence-electron chi connectivity index (χ1n) is 8.27. The third kappa shape index (κ3) is 2.82. The maximum atomic E-state index is 6.24. The largest absolute Gasteiger partial charge is 0.362 e. The first-order valence-corrected chi connectivity index (χ1v) is 8.65. The Bertz CT molecular complexity index is 1020. The highest BCUT2D eigenvalue weighted by atomic mass is 35.5. The number of halogens is 1. The minimum Gasteiger partial charge on any atom is -0.362 e. The van der Waals surface area contributed by atoms with Crippen molar-refractivity contribution in [2.45, 2.75) is 32.7 Å². The smallest absolute Gasteiger partial charge is 0.162 e. The zero-order valence-electron chi connectivity index (χ0n) is 14.3. The van der Waals surface area contributed by atoms with Crippen LogP contribution in [0.5, 0.6) is 0 Å². The van der Waals surface area contributed by atoms with E-state index in [-0.39, 0.29) is 6.04 Å². The summed E-state index contributed by atoms with van der Waals surface area (Å²) in [6, 6.07) is 7.74. The van der Waals surface area contributed by atoms with Gasteiger partial charge in [0.05, 0.1) is 17.9 Å². The number of imidazole rings is 1. The van der Waals surface area contributed by atoms with Gasteiger partial charge in [-0.15, -0.1) is 0 Å². The lowest BCUT2D eigenvalue weighted by Gasteiger charge is -2.14. The van der Waals surface area contributed by atoms with E-state index in [0.717, 1.165) is 28.4 Å². The molecule has 4 aromatic heterocycles. The molecule has 4 rings (SSSR count). The van der Waals surface area contributed by atoms with Gasteiger partial charge in [-0.05, 0) is 25.0 Å². The summed E-state index contributed by atoms with van der Waals surface area (Å²) in [4.78, 5) is 9.11. The average Bonchev–Trinajstić information content (AvgIpc) is 3.18. The molecule has 7 heteroatoms. The molecule has 0 saturated heterocycles. The molecule has 0 radical (unpaired) electrons. The topological polar surface area (TPSA) is 59.5 Å². The van der Waals surface area contributed by atoms with Crippen LogP contribution in [0.3, 0.4) is 0 Å². The van der Waals surface area contributed by atoms with Crippen molar-refractivity contribution in [3.8, 4) is 0 Å². The second-order valence-corrected chi connectivity index (χ2v) is 6.84. The minimum atomic E-state index is -0.00623. The minimum absolute atomic E-state index is 0.00623. The molecule has 25 heavy (non-hydrogen) atoms. The molecule has 1 atom stereocenters. The number of hydrogen-bond acceptors (Lipinski definition) is 4. The molecule has 4 heterocycles. The van der Waals surface area contributed by atoms with Crippen molar-refractivity contribution in [1.82, 2.24) is 24.0 Å². The van der Waals surface area contributed by atoms with Crippen molar-refractivity contribution < 1.29 is 0 Å². The van der Waals surface area contributed by atoms with Crippen LogP contribution in [-0.2, 0) is 0 Å². The Morgan fingerprint density at radius 2 is 2.00 bits per heavy atom. The van der Waals surface area contributed by atoms with Crippen LogP contribution in [0, 0.1) is 0 Å². The normalized spacial score (nSPS) is 13.0. The Morgan fingerprint density at radius 3 is 2.76 bits per heavy atom. The number of nitrogens with zero attached hydrogens (tertiary/aromatic N) is 5. The zero-order valence-corrected chi connectivity index (χ0v) is 15.1. The van der Waals surface area contributed by atoms with Gasteiger partial charge in [0.25, 0.3) is 0 Å². The number of nitrogens with one attached hydrogen (secondary N) is 1. The molecule has 1 N–H and O–H groups in total. The highest BCUT2D eigenvalue weighted by Gasteiger charge is 2.16. The van der Waals surface area contributed by atoms with Crippen molar-refractivity contribution in [2.24, 2.45) is 0 Å². The monoisotopic (exact) mass is 354 g/mol. The highest BCUT2D eigenvalue weighted by Crippen LogP contribution is 2.26. The van der Waals surface area contributed by atoms with E-state index >= 15 is 0 Å². The summed E-state index contributed by atoms with van der Waals surface area (Å²) in [5, 5.41) is 8.38. The first kappa shape index (κ1) is 15.9. The number of aromatic nitrogens is 5. The predicted octanol–water partition coefficient (Wildman–Crippen LogP) is 4.33. The van der Waals surface area contributed by atoms with E-state index in [1.165, 1.54) is 0 Å². The van der Waals surface area contributed by atoms with Crippen LogP contribution >= 0.6 is 11.6 Å². The molecule has 0 amide bonds. The summed E-state index contributed by atoms with van der Waals surface area (Å²) in [5.41, 5.74) is 3.73. The number of pyridine rings is 1. The van der Waals surface area contributed by atoms with Gasteiger partial charge in [-0.1, -0.05) is 31.5 Å². The zero-order chi connectivity index (χ0) is 17.6. The summed E-state index contributed by atoms with van der Waals surface area (Å²) in [6.07, 6.45) is 5.86. The van der Waals surface area contributed by atoms with Gasteiger partial charge in [-0.2, -0.15) is 9.61 Å².